The Labute approximate surface area is 193 Å². The lowest BCUT2D eigenvalue weighted by Crippen LogP contribution is -2.21. The molecule has 0 bridgehead atoms. The molecule has 4 rings (SSSR count). The molecule has 0 aliphatic carbocycles. The number of nitrogens with zero attached hydrogens (tertiary/aromatic N) is 2. The maximum Gasteiger partial charge on any atom is 0.324 e. The van der Waals surface area contributed by atoms with Crippen molar-refractivity contribution in [1.29, 1.82) is 0 Å². The number of hydrogen-bond acceptors (Lipinski definition) is 3. The van der Waals surface area contributed by atoms with Gasteiger partial charge in [-0.25, -0.2) is 9.48 Å². The second-order valence-electron chi connectivity index (χ2n) is 8.85. The molecule has 1 heterocycles. The first kappa shape index (κ1) is 22.1. The van der Waals surface area contributed by atoms with Crippen molar-refractivity contribution in [2.45, 2.75) is 32.3 Å². The summed E-state index contributed by atoms with van der Waals surface area (Å²) in [5, 5.41) is 22.6. The minimum atomic E-state index is -1.02. The first-order chi connectivity index (χ1) is 15.8. The molecule has 0 aliphatic heterocycles. The molecule has 0 aliphatic rings. The van der Waals surface area contributed by atoms with Crippen LogP contribution in [0, 0.1) is 12.3 Å². The van der Waals surface area contributed by atoms with E-state index in [-0.39, 0.29) is 11.4 Å². The number of benzene rings is 3. The SMILES string of the molecule is C#CC(O)c1cccc(-n2nc(C(C)(C)C)cc2NC(=O)Nc2cccc3ccccc23)c1. The Hall–Kier alpha value is -4.08. The molecule has 33 heavy (non-hydrogen) atoms. The van der Waals surface area contributed by atoms with Crippen LogP contribution >= 0.6 is 0 Å². The predicted molar refractivity (Wildman–Crippen MR) is 133 cm³/mol. The monoisotopic (exact) mass is 438 g/mol. The number of carbonyl (C=O) groups is 1. The zero-order chi connectivity index (χ0) is 23.6. The topological polar surface area (TPSA) is 79.2 Å². The van der Waals surface area contributed by atoms with Crippen molar-refractivity contribution in [3.63, 3.8) is 0 Å². The quantitative estimate of drug-likeness (QED) is 0.361. The summed E-state index contributed by atoms with van der Waals surface area (Å²) in [6.07, 6.45) is 4.36. The molecule has 3 aromatic carbocycles. The van der Waals surface area contributed by atoms with Crippen LogP contribution in [0.2, 0.25) is 0 Å². The van der Waals surface area contributed by atoms with Crippen molar-refractivity contribution in [3.05, 3.63) is 84.1 Å². The second kappa shape index (κ2) is 8.81. The van der Waals surface area contributed by atoms with Gasteiger partial charge in [0.05, 0.1) is 17.1 Å². The number of aliphatic hydroxyl groups excluding tert-OH is 1. The molecule has 6 nitrogen and oxygen atoms in total. The van der Waals surface area contributed by atoms with Crippen LogP contribution in [-0.2, 0) is 5.41 Å². The van der Waals surface area contributed by atoms with Gasteiger partial charge in [-0.1, -0.05) is 75.2 Å². The van der Waals surface area contributed by atoms with Gasteiger partial charge in [-0.05, 0) is 29.1 Å². The van der Waals surface area contributed by atoms with Crippen molar-refractivity contribution in [1.82, 2.24) is 9.78 Å². The minimum absolute atomic E-state index is 0.232. The smallest absolute Gasteiger partial charge is 0.324 e. The van der Waals surface area contributed by atoms with E-state index < -0.39 is 6.10 Å². The van der Waals surface area contributed by atoms with E-state index >= 15 is 0 Å². The van der Waals surface area contributed by atoms with E-state index in [2.05, 4.69) is 37.3 Å². The number of fused-ring (bicyclic) bond motifs is 1. The highest BCUT2D eigenvalue weighted by atomic mass is 16.3. The third kappa shape index (κ3) is 4.74. The number of carbonyl (C=O) groups excluding carboxylic acids is 1. The molecular weight excluding hydrogens is 412 g/mol. The average molecular weight is 439 g/mol. The molecule has 0 saturated carbocycles. The number of hydrogen-bond donors (Lipinski definition) is 3. The summed E-state index contributed by atoms with van der Waals surface area (Å²) in [5.41, 5.74) is 2.55. The van der Waals surface area contributed by atoms with Gasteiger partial charge in [0, 0.05) is 16.9 Å². The lowest BCUT2D eigenvalue weighted by atomic mass is 9.92. The van der Waals surface area contributed by atoms with E-state index in [0.29, 0.717) is 22.8 Å². The minimum Gasteiger partial charge on any atom is -0.376 e. The highest BCUT2D eigenvalue weighted by Crippen LogP contribution is 2.28. The van der Waals surface area contributed by atoms with Crippen LogP contribution in [0.5, 0.6) is 0 Å². The molecule has 3 N–H and O–H groups in total. The van der Waals surface area contributed by atoms with Crippen molar-refractivity contribution in [2.24, 2.45) is 0 Å². The number of aliphatic hydroxyl groups is 1. The molecule has 0 saturated heterocycles. The molecular formula is C27H26N4O2. The number of nitrogens with one attached hydrogen (secondary N) is 2. The van der Waals surface area contributed by atoms with Crippen LogP contribution in [0.1, 0.15) is 38.1 Å². The summed E-state index contributed by atoms with van der Waals surface area (Å²) >= 11 is 0. The van der Waals surface area contributed by atoms with Crippen molar-refractivity contribution in [3.8, 4) is 18.0 Å². The Morgan fingerprint density at radius 2 is 1.76 bits per heavy atom. The van der Waals surface area contributed by atoms with E-state index in [1.165, 1.54) is 0 Å². The van der Waals surface area contributed by atoms with Crippen LogP contribution in [0.15, 0.2) is 72.8 Å². The molecule has 4 aromatic rings. The van der Waals surface area contributed by atoms with E-state index in [9.17, 15) is 9.90 Å². The third-order valence-electron chi connectivity index (χ3n) is 5.35. The van der Waals surface area contributed by atoms with Gasteiger partial charge in [-0.2, -0.15) is 5.10 Å². The fourth-order valence-electron chi connectivity index (χ4n) is 3.56. The van der Waals surface area contributed by atoms with Crippen molar-refractivity contribution < 1.29 is 9.90 Å². The van der Waals surface area contributed by atoms with Gasteiger partial charge in [0.15, 0.2) is 0 Å². The first-order valence-corrected chi connectivity index (χ1v) is 10.7. The second-order valence-corrected chi connectivity index (χ2v) is 8.85. The fraction of sp³-hybridized carbons (Fsp3) is 0.185. The van der Waals surface area contributed by atoms with Gasteiger partial charge >= 0.3 is 6.03 Å². The third-order valence-corrected chi connectivity index (χ3v) is 5.35. The summed E-state index contributed by atoms with van der Waals surface area (Å²) in [6.45, 7) is 6.16. The van der Waals surface area contributed by atoms with Crippen LogP contribution in [0.4, 0.5) is 16.3 Å². The standard InChI is InChI=1S/C27H26N4O2/c1-5-23(32)19-12-8-13-20(16-19)31-25(17-24(30-31)27(2,3)4)29-26(33)28-22-15-9-11-18-10-6-7-14-21(18)22/h1,6-17,23,32H,2-4H3,(H2,28,29,33). The summed E-state index contributed by atoms with van der Waals surface area (Å²) < 4.78 is 1.65. The van der Waals surface area contributed by atoms with Gasteiger partial charge in [0.25, 0.3) is 0 Å². The maximum absolute atomic E-state index is 13.0. The molecule has 0 radical (unpaired) electrons. The Morgan fingerprint density at radius 3 is 2.52 bits per heavy atom. The lowest BCUT2D eigenvalue weighted by molar-refractivity contribution is 0.238. The number of rotatable bonds is 4. The van der Waals surface area contributed by atoms with Gasteiger partial charge < -0.3 is 10.4 Å². The Balaban J connectivity index is 1.68. The molecule has 0 fully saturated rings. The van der Waals surface area contributed by atoms with E-state index in [4.69, 9.17) is 11.5 Å². The van der Waals surface area contributed by atoms with Gasteiger partial charge in [-0.3, -0.25) is 5.32 Å². The van der Waals surface area contributed by atoms with Gasteiger partial charge in [0.2, 0.25) is 0 Å². The van der Waals surface area contributed by atoms with E-state index in [1.807, 2.05) is 54.6 Å². The number of anilines is 2. The van der Waals surface area contributed by atoms with Crippen molar-refractivity contribution in [2.75, 3.05) is 10.6 Å². The highest BCUT2D eigenvalue weighted by molar-refractivity contribution is 6.06. The molecule has 1 unspecified atom stereocenters. The zero-order valence-corrected chi connectivity index (χ0v) is 18.8. The Bertz CT molecular complexity index is 1350. The molecule has 1 atom stereocenters. The average Bonchev–Trinajstić information content (AvgIpc) is 3.23. The number of aromatic nitrogens is 2. The first-order valence-electron chi connectivity index (χ1n) is 10.7. The van der Waals surface area contributed by atoms with E-state index in [1.54, 1.807) is 22.9 Å². The highest BCUT2D eigenvalue weighted by Gasteiger charge is 2.22. The molecule has 1 aromatic heterocycles. The van der Waals surface area contributed by atoms with Crippen LogP contribution in [-0.4, -0.2) is 20.9 Å². The predicted octanol–water partition coefficient (Wildman–Crippen LogP) is 5.63. The Morgan fingerprint density at radius 1 is 1.03 bits per heavy atom. The van der Waals surface area contributed by atoms with Crippen LogP contribution in [0.3, 0.4) is 0 Å². The molecule has 0 spiro atoms. The summed E-state index contributed by atoms with van der Waals surface area (Å²) in [5.74, 6) is 2.83. The molecule has 166 valence electrons. The van der Waals surface area contributed by atoms with Crippen LogP contribution in [0.25, 0.3) is 16.5 Å². The number of urea groups is 1. The maximum atomic E-state index is 13.0. The zero-order valence-electron chi connectivity index (χ0n) is 18.8. The normalized spacial score (nSPS) is 12.2. The summed E-state index contributed by atoms with van der Waals surface area (Å²) in [4.78, 5) is 13.0. The van der Waals surface area contributed by atoms with Crippen LogP contribution < -0.4 is 10.6 Å². The number of terminal acetylenes is 1. The summed E-state index contributed by atoms with van der Waals surface area (Å²) in [6, 6.07) is 22.3. The lowest BCUT2D eigenvalue weighted by Gasteiger charge is -2.14. The van der Waals surface area contributed by atoms with E-state index in [0.717, 1.165) is 16.5 Å². The molecule has 2 amide bonds. The number of amides is 2. The van der Waals surface area contributed by atoms with Gasteiger partial charge in [0.1, 0.15) is 11.9 Å². The fourth-order valence-corrected chi connectivity index (χ4v) is 3.56. The molecule has 6 heteroatoms. The van der Waals surface area contributed by atoms with Crippen molar-refractivity contribution >= 4 is 28.3 Å². The largest absolute Gasteiger partial charge is 0.376 e. The summed E-state index contributed by atoms with van der Waals surface area (Å²) in [7, 11) is 0. The van der Waals surface area contributed by atoms with Gasteiger partial charge in [-0.15, -0.1) is 6.42 Å². The Kier molecular flexibility index (Phi) is 5.91.